The van der Waals surface area contributed by atoms with E-state index in [4.69, 9.17) is 4.74 Å². The van der Waals surface area contributed by atoms with Crippen molar-refractivity contribution in [2.75, 3.05) is 13.2 Å². The minimum Gasteiger partial charge on any atom is -0.394 e. The molecule has 1 aliphatic heterocycles. The number of nitrogens with one attached hydrogen (secondary N) is 2. The van der Waals surface area contributed by atoms with E-state index in [1.807, 2.05) is 0 Å². The Morgan fingerprint density at radius 1 is 1.21 bits per heavy atom. The van der Waals surface area contributed by atoms with E-state index in [0.29, 0.717) is 25.8 Å². The first-order chi connectivity index (χ1) is 13.9. The van der Waals surface area contributed by atoms with Gasteiger partial charge in [0.15, 0.2) is 0 Å². The van der Waals surface area contributed by atoms with Crippen LogP contribution in [0.2, 0.25) is 0 Å². The molecule has 9 heteroatoms. The number of amides is 1. The molecule has 1 aromatic rings. The Kier molecular flexibility index (Phi) is 7.61. The molecule has 0 radical (unpaired) electrons. The van der Waals surface area contributed by atoms with Crippen LogP contribution in [0.4, 0.5) is 4.39 Å². The summed E-state index contributed by atoms with van der Waals surface area (Å²) in [7, 11) is -3.92. The zero-order valence-corrected chi connectivity index (χ0v) is 17.2. The van der Waals surface area contributed by atoms with Crippen LogP contribution in [-0.2, 0) is 19.6 Å². The molecule has 0 bridgehead atoms. The van der Waals surface area contributed by atoms with Crippen LogP contribution in [0.15, 0.2) is 29.2 Å². The fourth-order valence-corrected chi connectivity index (χ4v) is 5.40. The molecule has 0 unspecified atom stereocenters. The third kappa shape index (κ3) is 5.97. The summed E-state index contributed by atoms with van der Waals surface area (Å²) >= 11 is 0. The minimum absolute atomic E-state index is 0.0951. The molecule has 1 amide bonds. The highest BCUT2D eigenvalue weighted by molar-refractivity contribution is 7.89. The van der Waals surface area contributed by atoms with Gasteiger partial charge in [-0.2, -0.15) is 0 Å². The molecule has 3 N–H and O–H groups in total. The van der Waals surface area contributed by atoms with Crippen LogP contribution < -0.4 is 10.0 Å². The van der Waals surface area contributed by atoms with E-state index < -0.39 is 28.0 Å². The molecule has 7 nitrogen and oxygen atoms in total. The van der Waals surface area contributed by atoms with E-state index in [1.54, 1.807) is 0 Å². The smallest absolute Gasteiger partial charge is 0.241 e. The van der Waals surface area contributed by atoms with Crippen LogP contribution in [-0.4, -0.2) is 50.8 Å². The highest BCUT2D eigenvalue weighted by atomic mass is 32.2. The number of aliphatic hydroxyl groups is 1. The van der Waals surface area contributed by atoms with Crippen LogP contribution in [0.5, 0.6) is 0 Å². The lowest BCUT2D eigenvalue weighted by molar-refractivity contribution is -0.125. The van der Waals surface area contributed by atoms with Gasteiger partial charge in [0.1, 0.15) is 5.82 Å². The van der Waals surface area contributed by atoms with Crippen LogP contribution in [0.1, 0.15) is 44.9 Å². The Morgan fingerprint density at radius 2 is 1.97 bits per heavy atom. The fraction of sp³-hybridized carbons (Fsp3) is 0.650. The molecule has 1 aliphatic carbocycles. The number of ether oxygens (including phenoxy) is 1. The molecule has 162 valence electrons. The SMILES string of the molecule is O=C(NCC[C@@H]1CC[C@H](NS(=O)(=O)c2cccc(F)c2)[C@@H](CO)O1)C1CCCC1. The third-order valence-electron chi connectivity index (χ3n) is 5.70. The fourth-order valence-electron chi connectivity index (χ4n) is 4.07. The number of carbonyl (C=O) groups excluding carboxylic acids is 1. The second-order valence-electron chi connectivity index (χ2n) is 7.80. The van der Waals surface area contributed by atoms with Gasteiger partial charge in [-0.25, -0.2) is 17.5 Å². The summed E-state index contributed by atoms with van der Waals surface area (Å²) in [5.74, 6) is -0.419. The average Bonchev–Trinajstić information content (AvgIpc) is 3.23. The quantitative estimate of drug-likeness (QED) is 0.585. The first-order valence-corrected chi connectivity index (χ1v) is 11.7. The summed E-state index contributed by atoms with van der Waals surface area (Å²) in [4.78, 5) is 11.9. The van der Waals surface area contributed by atoms with Crippen molar-refractivity contribution in [1.29, 1.82) is 0 Å². The van der Waals surface area contributed by atoms with Crippen LogP contribution in [0.25, 0.3) is 0 Å². The highest BCUT2D eigenvalue weighted by Crippen LogP contribution is 2.25. The van der Waals surface area contributed by atoms with Gasteiger partial charge in [-0.05, 0) is 50.3 Å². The van der Waals surface area contributed by atoms with Crippen LogP contribution in [0.3, 0.4) is 0 Å². The average molecular weight is 429 g/mol. The second-order valence-corrected chi connectivity index (χ2v) is 9.52. The normalized spacial score (nSPS) is 25.8. The summed E-state index contributed by atoms with van der Waals surface area (Å²) in [6, 6.07) is 4.18. The molecule has 2 aliphatic rings. The lowest BCUT2D eigenvalue weighted by Gasteiger charge is -2.36. The Bertz CT molecular complexity index is 798. The third-order valence-corrected chi connectivity index (χ3v) is 7.19. The molecule has 0 spiro atoms. The van der Waals surface area contributed by atoms with Crippen molar-refractivity contribution in [1.82, 2.24) is 10.0 Å². The van der Waals surface area contributed by atoms with Crippen LogP contribution in [0, 0.1) is 11.7 Å². The van der Waals surface area contributed by atoms with Gasteiger partial charge in [-0.1, -0.05) is 18.9 Å². The molecule has 1 aromatic carbocycles. The lowest BCUT2D eigenvalue weighted by Crippen LogP contribution is -2.51. The Morgan fingerprint density at radius 3 is 2.66 bits per heavy atom. The summed E-state index contributed by atoms with van der Waals surface area (Å²) in [5, 5.41) is 12.6. The van der Waals surface area contributed by atoms with Crippen molar-refractivity contribution in [3.63, 3.8) is 0 Å². The number of halogens is 1. The van der Waals surface area contributed by atoms with Gasteiger partial charge in [0.25, 0.3) is 0 Å². The summed E-state index contributed by atoms with van der Waals surface area (Å²) < 4.78 is 46.8. The van der Waals surface area contributed by atoms with Gasteiger partial charge >= 0.3 is 0 Å². The number of hydrogen-bond acceptors (Lipinski definition) is 5. The summed E-state index contributed by atoms with van der Waals surface area (Å²) in [6.07, 6.45) is 4.96. The molecule has 3 rings (SSSR count). The Labute approximate surface area is 171 Å². The lowest BCUT2D eigenvalue weighted by atomic mass is 9.98. The molecule has 1 saturated heterocycles. The van der Waals surface area contributed by atoms with E-state index in [9.17, 15) is 22.7 Å². The van der Waals surface area contributed by atoms with Crippen molar-refractivity contribution in [3.05, 3.63) is 30.1 Å². The van der Waals surface area contributed by atoms with Crippen molar-refractivity contribution in [2.45, 2.75) is 68.1 Å². The molecular formula is C20H29FN2O5S. The van der Waals surface area contributed by atoms with Crippen molar-refractivity contribution in [3.8, 4) is 0 Å². The van der Waals surface area contributed by atoms with Gasteiger partial charge in [-0.3, -0.25) is 4.79 Å². The zero-order chi connectivity index (χ0) is 20.9. The van der Waals surface area contributed by atoms with Gasteiger partial charge in [0, 0.05) is 12.5 Å². The molecule has 3 atom stereocenters. The maximum Gasteiger partial charge on any atom is 0.241 e. The minimum atomic E-state index is -3.92. The highest BCUT2D eigenvalue weighted by Gasteiger charge is 2.34. The molecule has 1 heterocycles. The van der Waals surface area contributed by atoms with E-state index in [0.717, 1.165) is 31.7 Å². The molecular weight excluding hydrogens is 399 g/mol. The number of benzene rings is 1. The van der Waals surface area contributed by atoms with Gasteiger partial charge in [0.05, 0.1) is 29.8 Å². The Balaban J connectivity index is 1.49. The van der Waals surface area contributed by atoms with Crippen molar-refractivity contribution >= 4 is 15.9 Å². The van der Waals surface area contributed by atoms with Crippen molar-refractivity contribution < 1.29 is 27.4 Å². The molecule has 2 fully saturated rings. The van der Waals surface area contributed by atoms with E-state index >= 15 is 0 Å². The number of aliphatic hydroxyl groups excluding tert-OH is 1. The summed E-state index contributed by atoms with van der Waals surface area (Å²) in [5.41, 5.74) is 0. The van der Waals surface area contributed by atoms with Gasteiger partial charge in [0.2, 0.25) is 15.9 Å². The number of hydrogen-bond donors (Lipinski definition) is 3. The largest absolute Gasteiger partial charge is 0.394 e. The Hall–Kier alpha value is -1.55. The maximum atomic E-state index is 13.4. The first-order valence-electron chi connectivity index (χ1n) is 10.2. The van der Waals surface area contributed by atoms with E-state index in [1.165, 1.54) is 18.2 Å². The number of rotatable bonds is 8. The monoisotopic (exact) mass is 428 g/mol. The molecule has 29 heavy (non-hydrogen) atoms. The number of carbonyl (C=O) groups is 1. The topological polar surface area (TPSA) is 105 Å². The summed E-state index contributed by atoms with van der Waals surface area (Å²) in [6.45, 7) is 0.166. The predicted octanol–water partition coefficient (Wildman–Crippen LogP) is 1.71. The second kappa shape index (κ2) is 9.97. The standard InChI is InChI=1S/C20H29FN2O5S/c21-15-6-3-7-17(12-15)29(26,27)23-18-9-8-16(28-19(18)13-24)10-11-22-20(25)14-4-1-2-5-14/h3,6-7,12,14,16,18-19,23-24H,1-2,4-5,8-11,13H2,(H,22,25)/t16-,18-,19+/m0/s1. The zero-order valence-electron chi connectivity index (χ0n) is 16.3. The maximum absolute atomic E-state index is 13.4. The van der Waals surface area contributed by atoms with Crippen LogP contribution >= 0.6 is 0 Å². The predicted molar refractivity (Wildman–Crippen MR) is 105 cm³/mol. The van der Waals surface area contributed by atoms with E-state index in [-0.39, 0.29) is 29.4 Å². The first kappa shape index (κ1) is 22.1. The number of sulfonamides is 1. The molecule has 1 saturated carbocycles. The van der Waals surface area contributed by atoms with Crippen molar-refractivity contribution in [2.24, 2.45) is 5.92 Å². The van der Waals surface area contributed by atoms with E-state index in [2.05, 4.69) is 10.0 Å². The van der Waals surface area contributed by atoms with Gasteiger partial charge in [-0.15, -0.1) is 0 Å². The molecule has 0 aromatic heterocycles. The van der Waals surface area contributed by atoms with Gasteiger partial charge < -0.3 is 15.2 Å².